The quantitative estimate of drug-likeness (QED) is 0.492. The predicted octanol–water partition coefficient (Wildman–Crippen LogP) is -0.360. The Labute approximate surface area is 168 Å². The number of rotatable bonds is 5. The molecule has 1 amide bonds. The molecule has 0 bridgehead atoms. The van der Waals surface area contributed by atoms with Gasteiger partial charge in [-0.25, -0.2) is 4.79 Å². The molecule has 0 aromatic heterocycles. The van der Waals surface area contributed by atoms with E-state index in [1.807, 2.05) is 13.0 Å². The molecular weight excluding hydrogens is 377 g/mol. The number of nitrogens with two attached hydrogens (primary N) is 1. The summed E-state index contributed by atoms with van der Waals surface area (Å²) < 4.78 is 11.6. The molecule has 4 aliphatic rings. The average Bonchev–Trinajstić information content (AvgIpc) is 3.09. The molecule has 3 aliphatic heterocycles. The largest absolute Gasteiger partial charge is 0.535 e. The maximum Gasteiger partial charge on any atom is 0.526 e. The Hall–Kier alpha value is -2.30. The molecule has 0 radical (unpaired) electrons. The second-order valence-electron chi connectivity index (χ2n) is 8.58. The fourth-order valence-electron chi connectivity index (χ4n) is 5.13. The van der Waals surface area contributed by atoms with Gasteiger partial charge in [-0.3, -0.25) is 9.69 Å². The van der Waals surface area contributed by atoms with Crippen LogP contribution in [0.3, 0.4) is 0 Å². The van der Waals surface area contributed by atoms with Crippen LogP contribution in [0.5, 0.6) is 11.5 Å². The van der Waals surface area contributed by atoms with Crippen molar-refractivity contribution in [2.24, 2.45) is 11.7 Å². The first-order valence-corrected chi connectivity index (χ1v) is 10.0. The topological polar surface area (TPSA) is 134 Å². The fraction of sp³-hybridized carbons (Fsp3) is 0.579. The van der Waals surface area contributed by atoms with Crippen LogP contribution in [0.15, 0.2) is 12.1 Å². The summed E-state index contributed by atoms with van der Waals surface area (Å²) in [6, 6.07) is 3.49. The second-order valence-corrected chi connectivity index (χ2v) is 8.58. The number of hydrogen-bond acceptors (Lipinski definition) is 7. The molecule has 0 unspecified atom stereocenters. The number of carbonyl (C=O) groups is 2. The minimum Gasteiger partial charge on any atom is -0.535 e. The van der Waals surface area contributed by atoms with E-state index in [-0.39, 0.29) is 58.8 Å². The first kappa shape index (κ1) is 18.7. The van der Waals surface area contributed by atoms with Crippen LogP contribution in [-0.4, -0.2) is 71.8 Å². The number of likely N-dealkylation sites (tertiary alicyclic amines) is 1. The number of nitrogens with zero attached hydrogens (tertiary/aromatic N) is 1. The van der Waals surface area contributed by atoms with E-state index in [1.54, 1.807) is 6.07 Å². The molecule has 3 fully saturated rings. The molecule has 5 rings (SSSR count). The Kier molecular flexibility index (Phi) is 4.27. The molecule has 2 saturated heterocycles. The standard InChI is InChI=1S/C19H24BN3O6/c1-8-14-11-2-3-13(15(19(25)26)17(11)29-20(27)16(8)14)28-10-6-23(7-10)9-4-12(18(21)24)22-5-9/h2-3,8-10,12,14,16,22,27H,4-7H2,1H3,(H2,21,24)(H,25,26)/t8-,9+,12+,14-,16-/m0/s1. The highest BCUT2D eigenvalue weighted by Crippen LogP contribution is 2.65. The van der Waals surface area contributed by atoms with Crippen molar-refractivity contribution in [1.82, 2.24) is 10.2 Å². The second kappa shape index (κ2) is 6.61. The van der Waals surface area contributed by atoms with Gasteiger partial charge in [0.2, 0.25) is 5.91 Å². The van der Waals surface area contributed by atoms with E-state index < -0.39 is 13.1 Å². The smallest absolute Gasteiger partial charge is 0.526 e. The van der Waals surface area contributed by atoms with Crippen LogP contribution in [0.1, 0.15) is 35.2 Å². The van der Waals surface area contributed by atoms with Gasteiger partial charge in [0.05, 0.1) is 6.04 Å². The van der Waals surface area contributed by atoms with Crippen molar-refractivity contribution in [2.45, 2.75) is 43.3 Å². The van der Waals surface area contributed by atoms with Crippen molar-refractivity contribution in [1.29, 1.82) is 0 Å². The van der Waals surface area contributed by atoms with Crippen molar-refractivity contribution in [3.05, 3.63) is 23.3 Å². The van der Waals surface area contributed by atoms with Crippen LogP contribution in [0.25, 0.3) is 0 Å². The van der Waals surface area contributed by atoms with Crippen molar-refractivity contribution in [2.75, 3.05) is 19.6 Å². The summed E-state index contributed by atoms with van der Waals surface area (Å²) in [5.74, 6) is -0.544. The summed E-state index contributed by atoms with van der Waals surface area (Å²) >= 11 is 0. The molecular formula is C19H24BN3O6. The van der Waals surface area contributed by atoms with E-state index in [9.17, 15) is 19.7 Å². The van der Waals surface area contributed by atoms with Gasteiger partial charge in [0, 0.05) is 31.5 Å². The van der Waals surface area contributed by atoms with Crippen molar-refractivity contribution >= 4 is 19.0 Å². The lowest BCUT2D eigenvalue weighted by Gasteiger charge is -2.42. The maximum atomic E-state index is 12.0. The first-order valence-electron chi connectivity index (χ1n) is 10.0. The number of nitrogens with one attached hydrogen (secondary N) is 1. The third-order valence-corrected chi connectivity index (χ3v) is 6.88. The third kappa shape index (κ3) is 2.97. The number of carboxylic acids is 1. The van der Waals surface area contributed by atoms with Crippen LogP contribution in [0, 0.1) is 5.92 Å². The molecule has 9 nitrogen and oxygen atoms in total. The summed E-state index contributed by atoms with van der Waals surface area (Å²) in [7, 11) is -0.983. The zero-order valence-electron chi connectivity index (χ0n) is 16.1. The van der Waals surface area contributed by atoms with Gasteiger partial charge >= 0.3 is 13.1 Å². The van der Waals surface area contributed by atoms with Crippen molar-refractivity contribution < 1.29 is 29.1 Å². The predicted molar refractivity (Wildman–Crippen MR) is 103 cm³/mol. The van der Waals surface area contributed by atoms with Gasteiger partial charge in [-0.05, 0) is 29.9 Å². The highest BCUT2D eigenvalue weighted by atomic mass is 16.5. The highest BCUT2D eigenvalue weighted by Gasteiger charge is 2.60. The Morgan fingerprint density at radius 1 is 1.38 bits per heavy atom. The molecule has 5 N–H and O–H groups in total. The molecule has 1 aromatic rings. The van der Waals surface area contributed by atoms with E-state index >= 15 is 0 Å². The SMILES string of the molecule is C[C@@H]1[C@@H]2B(O)Oc3c(ccc(OC4CN([C@H]5CN[C@@H](C(N)=O)C5)C4)c3C(=O)O)[C@H]12. The lowest BCUT2D eigenvalue weighted by Crippen LogP contribution is -2.58. The molecule has 0 spiro atoms. The lowest BCUT2D eigenvalue weighted by atomic mass is 9.76. The molecule has 3 heterocycles. The van der Waals surface area contributed by atoms with Gasteiger partial charge in [-0.2, -0.15) is 0 Å². The molecule has 1 aromatic carbocycles. The number of hydrogen-bond donors (Lipinski definition) is 4. The summed E-state index contributed by atoms with van der Waals surface area (Å²) in [4.78, 5) is 25.5. The van der Waals surface area contributed by atoms with E-state index in [0.717, 1.165) is 5.56 Å². The average molecular weight is 401 g/mol. The summed E-state index contributed by atoms with van der Waals surface area (Å²) in [5, 5.41) is 23.1. The summed E-state index contributed by atoms with van der Waals surface area (Å²) in [5.41, 5.74) is 6.17. The molecule has 1 saturated carbocycles. The number of amides is 1. The van der Waals surface area contributed by atoms with Crippen molar-refractivity contribution in [3.8, 4) is 11.5 Å². The van der Waals surface area contributed by atoms with E-state index in [2.05, 4.69) is 10.2 Å². The van der Waals surface area contributed by atoms with Crippen LogP contribution >= 0.6 is 0 Å². The number of benzene rings is 1. The number of ether oxygens (including phenoxy) is 1. The van der Waals surface area contributed by atoms with Gasteiger partial charge in [0.15, 0.2) is 0 Å². The van der Waals surface area contributed by atoms with E-state index in [0.29, 0.717) is 26.1 Å². The number of aromatic carboxylic acids is 1. The maximum absolute atomic E-state index is 12.0. The van der Waals surface area contributed by atoms with Crippen LogP contribution in [0.2, 0.25) is 5.82 Å². The lowest BCUT2D eigenvalue weighted by molar-refractivity contribution is -0.119. The van der Waals surface area contributed by atoms with Gasteiger partial charge in [0.25, 0.3) is 0 Å². The van der Waals surface area contributed by atoms with Crippen LogP contribution in [-0.2, 0) is 4.79 Å². The van der Waals surface area contributed by atoms with Gasteiger partial charge < -0.3 is 30.6 Å². The van der Waals surface area contributed by atoms with E-state index in [1.165, 1.54) is 0 Å². The summed E-state index contributed by atoms with van der Waals surface area (Å²) in [6.07, 6.45) is 0.535. The van der Waals surface area contributed by atoms with Crippen molar-refractivity contribution in [3.63, 3.8) is 0 Å². The first-order chi connectivity index (χ1) is 13.8. The van der Waals surface area contributed by atoms with Crippen LogP contribution in [0.4, 0.5) is 0 Å². The molecule has 10 heteroatoms. The van der Waals surface area contributed by atoms with Crippen LogP contribution < -0.4 is 20.4 Å². The molecule has 1 aliphatic carbocycles. The number of carboxylic acid groups (broad SMARTS) is 1. The zero-order chi connectivity index (χ0) is 20.4. The number of fused-ring (bicyclic) bond motifs is 3. The zero-order valence-corrected chi connectivity index (χ0v) is 16.1. The molecule has 5 atom stereocenters. The fourth-order valence-corrected chi connectivity index (χ4v) is 5.13. The minimum atomic E-state index is -1.13. The van der Waals surface area contributed by atoms with Gasteiger partial charge in [0.1, 0.15) is 23.2 Å². The monoisotopic (exact) mass is 401 g/mol. The number of carbonyl (C=O) groups excluding carboxylic acids is 1. The molecule has 29 heavy (non-hydrogen) atoms. The van der Waals surface area contributed by atoms with Gasteiger partial charge in [-0.15, -0.1) is 0 Å². The molecule has 154 valence electrons. The Morgan fingerprint density at radius 2 is 2.14 bits per heavy atom. The Balaban J connectivity index is 1.29. The Morgan fingerprint density at radius 3 is 2.79 bits per heavy atom. The van der Waals surface area contributed by atoms with E-state index in [4.69, 9.17) is 15.1 Å². The Bertz CT molecular complexity index is 876. The minimum absolute atomic E-state index is 0.0196. The summed E-state index contributed by atoms with van der Waals surface area (Å²) in [6.45, 7) is 4.04. The number of primary amides is 1. The highest BCUT2D eigenvalue weighted by molar-refractivity contribution is 6.48. The normalized spacial score (nSPS) is 33.3. The third-order valence-electron chi connectivity index (χ3n) is 6.88. The van der Waals surface area contributed by atoms with Gasteiger partial charge in [-0.1, -0.05) is 13.0 Å².